The Morgan fingerprint density at radius 1 is 1.25 bits per heavy atom. The van der Waals surface area contributed by atoms with E-state index in [1.165, 1.54) is 24.2 Å². The lowest BCUT2D eigenvalue weighted by Gasteiger charge is -2.25. The summed E-state index contributed by atoms with van der Waals surface area (Å²) in [5, 5.41) is 3.96. The maximum Gasteiger partial charge on any atom is 0.274 e. The molecule has 1 aliphatic rings. The molecule has 1 amide bonds. The van der Waals surface area contributed by atoms with Gasteiger partial charge in [0.15, 0.2) is 5.69 Å². The van der Waals surface area contributed by atoms with Gasteiger partial charge >= 0.3 is 0 Å². The Hall–Kier alpha value is -1.65. The maximum atomic E-state index is 12.0. The summed E-state index contributed by atoms with van der Waals surface area (Å²) in [5.74, 6) is -0.252. The molecule has 1 aromatic heterocycles. The fraction of sp³-hybridized carbons (Fsp3) is 0.545. The first-order valence-electron chi connectivity index (χ1n) is 5.54. The molecule has 5 nitrogen and oxygen atoms in total. The summed E-state index contributed by atoms with van der Waals surface area (Å²) in [6, 6.07) is 1.60. The van der Waals surface area contributed by atoms with Gasteiger partial charge in [0, 0.05) is 26.2 Å². The van der Waals surface area contributed by atoms with Gasteiger partial charge in [-0.05, 0) is 25.3 Å². The van der Waals surface area contributed by atoms with Gasteiger partial charge in [0.1, 0.15) is 0 Å². The van der Waals surface area contributed by atoms with Crippen LogP contribution in [-0.4, -0.2) is 39.6 Å². The van der Waals surface area contributed by atoms with Crippen molar-refractivity contribution in [2.45, 2.75) is 26.2 Å². The summed E-state index contributed by atoms with van der Waals surface area (Å²) < 4.78 is 1.19. The zero-order valence-corrected chi connectivity index (χ0v) is 9.35. The van der Waals surface area contributed by atoms with Gasteiger partial charge in [-0.3, -0.25) is 9.59 Å². The number of carbonyl (C=O) groups excluding carboxylic acids is 2. The molecule has 0 unspecified atom stereocenters. The molecule has 0 atom stereocenters. The third-order valence-electron chi connectivity index (χ3n) is 2.77. The molecule has 86 valence electrons. The monoisotopic (exact) mass is 221 g/mol. The maximum absolute atomic E-state index is 12.0. The zero-order chi connectivity index (χ0) is 11.5. The number of aromatic nitrogens is 2. The van der Waals surface area contributed by atoms with Crippen LogP contribution in [0.1, 0.15) is 41.5 Å². The number of amides is 1. The van der Waals surface area contributed by atoms with Gasteiger partial charge in [-0.15, -0.1) is 0 Å². The van der Waals surface area contributed by atoms with Gasteiger partial charge in [0.25, 0.3) is 5.91 Å². The third kappa shape index (κ3) is 2.13. The Labute approximate surface area is 94.0 Å². The van der Waals surface area contributed by atoms with E-state index in [2.05, 4.69) is 5.10 Å². The number of carbonyl (C=O) groups is 2. The number of hydrogen-bond donors (Lipinski definition) is 0. The molecular weight excluding hydrogens is 206 g/mol. The summed E-state index contributed by atoms with van der Waals surface area (Å²) >= 11 is 0. The number of nitrogens with zero attached hydrogens (tertiary/aromatic N) is 3. The molecule has 2 rings (SSSR count). The second kappa shape index (κ2) is 4.47. The molecule has 0 aromatic carbocycles. The standard InChI is InChI=1S/C11H15N3O2/c1-9(15)14-8-5-10(12-14)11(16)13-6-3-2-4-7-13/h5,8H,2-4,6-7H2,1H3. The predicted octanol–water partition coefficient (Wildman–Crippen LogP) is 1.17. The van der Waals surface area contributed by atoms with Gasteiger partial charge in [-0.25, -0.2) is 4.68 Å². The number of likely N-dealkylation sites (tertiary alicyclic amines) is 1. The van der Waals surface area contributed by atoms with Crippen molar-refractivity contribution < 1.29 is 9.59 Å². The van der Waals surface area contributed by atoms with Crippen molar-refractivity contribution in [2.24, 2.45) is 0 Å². The van der Waals surface area contributed by atoms with Crippen LogP contribution in [-0.2, 0) is 0 Å². The molecule has 0 radical (unpaired) electrons. The van der Waals surface area contributed by atoms with Crippen LogP contribution in [0.5, 0.6) is 0 Å². The molecule has 16 heavy (non-hydrogen) atoms. The summed E-state index contributed by atoms with van der Waals surface area (Å²) in [4.78, 5) is 24.8. The Morgan fingerprint density at radius 3 is 2.50 bits per heavy atom. The molecule has 0 N–H and O–H groups in total. The van der Waals surface area contributed by atoms with E-state index in [1.54, 1.807) is 11.0 Å². The molecule has 0 saturated carbocycles. The minimum Gasteiger partial charge on any atom is -0.337 e. The molecule has 0 bridgehead atoms. The van der Waals surface area contributed by atoms with Gasteiger partial charge in [0.05, 0.1) is 0 Å². The van der Waals surface area contributed by atoms with E-state index in [1.807, 2.05) is 0 Å². The summed E-state index contributed by atoms with van der Waals surface area (Å²) in [7, 11) is 0. The first kappa shape index (κ1) is 10.9. The zero-order valence-electron chi connectivity index (χ0n) is 9.35. The second-order valence-electron chi connectivity index (χ2n) is 4.02. The molecule has 5 heteroatoms. The topological polar surface area (TPSA) is 55.2 Å². The van der Waals surface area contributed by atoms with Crippen molar-refractivity contribution in [3.63, 3.8) is 0 Å². The van der Waals surface area contributed by atoms with Crippen LogP contribution in [0.4, 0.5) is 0 Å². The lowest BCUT2D eigenvalue weighted by Crippen LogP contribution is -2.35. The van der Waals surface area contributed by atoms with Crippen molar-refractivity contribution in [3.05, 3.63) is 18.0 Å². The highest BCUT2D eigenvalue weighted by Gasteiger charge is 2.20. The first-order chi connectivity index (χ1) is 7.68. The van der Waals surface area contributed by atoms with Gasteiger partial charge in [-0.1, -0.05) is 0 Å². The molecule has 1 fully saturated rings. The summed E-state index contributed by atoms with van der Waals surface area (Å²) in [5.41, 5.74) is 0.358. The molecule has 0 aliphatic carbocycles. The molecule has 1 saturated heterocycles. The van der Waals surface area contributed by atoms with E-state index in [9.17, 15) is 9.59 Å². The number of hydrogen-bond acceptors (Lipinski definition) is 3. The number of piperidine rings is 1. The van der Waals surface area contributed by atoms with Gasteiger partial charge in [-0.2, -0.15) is 5.10 Å². The van der Waals surface area contributed by atoms with Crippen LogP contribution in [0.25, 0.3) is 0 Å². The fourth-order valence-electron chi connectivity index (χ4n) is 1.87. The van der Waals surface area contributed by atoms with E-state index in [0.717, 1.165) is 25.9 Å². The fourth-order valence-corrected chi connectivity index (χ4v) is 1.87. The van der Waals surface area contributed by atoms with Crippen molar-refractivity contribution in [2.75, 3.05) is 13.1 Å². The van der Waals surface area contributed by atoms with Crippen LogP contribution >= 0.6 is 0 Å². The number of rotatable bonds is 1. The van der Waals surface area contributed by atoms with E-state index in [0.29, 0.717) is 5.69 Å². The van der Waals surface area contributed by atoms with E-state index >= 15 is 0 Å². The van der Waals surface area contributed by atoms with Crippen molar-refractivity contribution in [1.82, 2.24) is 14.7 Å². The highest BCUT2D eigenvalue weighted by Crippen LogP contribution is 2.11. The first-order valence-corrected chi connectivity index (χ1v) is 5.54. The highest BCUT2D eigenvalue weighted by molar-refractivity contribution is 5.92. The van der Waals surface area contributed by atoms with Crippen LogP contribution in [0.3, 0.4) is 0 Å². The SMILES string of the molecule is CC(=O)n1ccc(C(=O)N2CCCCC2)n1. The predicted molar refractivity (Wildman–Crippen MR) is 58.3 cm³/mol. The lowest BCUT2D eigenvalue weighted by atomic mass is 10.1. The van der Waals surface area contributed by atoms with E-state index < -0.39 is 0 Å². The van der Waals surface area contributed by atoms with Crippen molar-refractivity contribution in [1.29, 1.82) is 0 Å². The normalized spacial score (nSPS) is 16.2. The van der Waals surface area contributed by atoms with Crippen LogP contribution in [0.15, 0.2) is 12.3 Å². The average Bonchev–Trinajstić information content (AvgIpc) is 2.78. The van der Waals surface area contributed by atoms with Gasteiger partial charge < -0.3 is 4.90 Å². The molecule has 2 heterocycles. The molecule has 1 aliphatic heterocycles. The van der Waals surface area contributed by atoms with Crippen molar-refractivity contribution >= 4 is 11.8 Å². The molecule has 0 spiro atoms. The second-order valence-corrected chi connectivity index (χ2v) is 4.02. The average molecular weight is 221 g/mol. The van der Waals surface area contributed by atoms with E-state index in [-0.39, 0.29) is 11.8 Å². The van der Waals surface area contributed by atoms with Crippen LogP contribution in [0, 0.1) is 0 Å². The minimum atomic E-state index is -0.183. The molecule has 1 aromatic rings. The Balaban J connectivity index is 2.10. The minimum absolute atomic E-state index is 0.0697. The third-order valence-corrected chi connectivity index (χ3v) is 2.77. The quantitative estimate of drug-likeness (QED) is 0.715. The Bertz CT molecular complexity index is 405. The summed E-state index contributed by atoms with van der Waals surface area (Å²) in [6.07, 6.45) is 4.82. The van der Waals surface area contributed by atoms with E-state index in [4.69, 9.17) is 0 Å². The highest BCUT2D eigenvalue weighted by atomic mass is 16.2. The smallest absolute Gasteiger partial charge is 0.274 e. The van der Waals surface area contributed by atoms with Crippen molar-refractivity contribution in [3.8, 4) is 0 Å². The largest absolute Gasteiger partial charge is 0.337 e. The van der Waals surface area contributed by atoms with Gasteiger partial charge in [0.2, 0.25) is 5.91 Å². The Morgan fingerprint density at radius 2 is 1.94 bits per heavy atom. The van der Waals surface area contributed by atoms with Crippen LogP contribution < -0.4 is 0 Å². The molecular formula is C11H15N3O2. The lowest BCUT2D eigenvalue weighted by molar-refractivity contribution is 0.0717. The Kier molecular flexibility index (Phi) is 3.03. The summed E-state index contributed by atoms with van der Waals surface area (Å²) in [6.45, 7) is 3.01. The van der Waals surface area contributed by atoms with Crippen LogP contribution in [0.2, 0.25) is 0 Å².